The molecule has 0 aromatic rings. The maximum absolute atomic E-state index is 12.8. The molecule has 7 atom stereocenters. The van der Waals surface area contributed by atoms with E-state index in [1.54, 1.807) is 4.90 Å². The van der Waals surface area contributed by atoms with Crippen molar-refractivity contribution in [3.63, 3.8) is 0 Å². The third-order valence-electron chi connectivity index (χ3n) is 11.0. The summed E-state index contributed by atoms with van der Waals surface area (Å²) in [5.41, 5.74) is 2.73. The van der Waals surface area contributed by atoms with E-state index in [0.717, 1.165) is 44.4 Å². The van der Waals surface area contributed by atoms with E-state index in [1.807, 2.05) is 13.0 Å². The van der Waals surface area contributed by atoms with Crippen LogP contribution in [0.5, 0.6) is 0 Å². The molecule has 7 heteroatoms. The van der Waals surface area contributed by atoms with Crippen LogP contribution in [0.15, 0.2) is 16.8 Å². The molecule has 1 heterocycles. The number of amides is 1. The van der Waals surface area contributed by atoms with Crippen molar-refractivity contribution < 1.29 is 19.5 Å². The number of carbonyl (C=O) groups is 2. The van der Waals surface area contributed by atoms with Crippen molar-refractivity contribution in [3.05, 3.63) is 11.6 Å². The maximum atomic E-state index is 12.8. The van der Waals surface area contributed by atoms with Gasteiger partial charge in [-0.05, 0) is 106 Å². The zero-order valence-electron chi connectivity index (χ0n) is 22.4. The Bertz CT molecular complexity index is 925. The van der Waals surface area contributed by atoms with Gasteiger partial charge in [0.2, 0.25) is 0 Å². The summed E-state index contributed by atoms with van der Waals surface area (Å²) in [6.45, 7) is 8.61. The second-order valence-electron chi connectivity index (χ2n) is 12.7. The van der Waals surface area contributed by atoms with Gasteiger partial charge in [-0.2, -0.15) is 0 Å². The second-order valence-corrected chi connectivity index (χ2v) is 12.7. The van der Waals surface area contributed by atoms with Crippen molar-refractivity contribution >= 4 is 17.6 Å². The molecule has 0 aromatic heterocycles. The Morgan fingerprint density at radius 1 is 1.17 bits per heavy atom. The van der Waals surface area contributed by atoms with E-state index in [0.29, 0.717) is 42.4 Å². The quantitative estimate of drug-likeness (QED) is 0.314. The fourth-order valence-electron chi connectivity index (χ4n) is 9.03. The average Bonchev–Trinajstić information content (AvgIpc) is 3.49. The molecule has 0 spiro atoms. The summed E-state index contributed by atoms with van der Waals surface area (Å²) in [4.78, 5) is 32.0. The van der Waals surface area contributed by atoms with Crippen LogP contribution in [0.3, 0.4) is 0 Å². The average molecular weight is 500 g/mol. The van der Waals surface area contributed by atoms with Gasteiger partial charge in [0.1, 0.15) is 0 Å². The molecule has 1 aliphatic heterocycles. The molecule has 2 N–H and O–H groups in total. The van der Waals surface area contributed by atoms with Gasteiger partial charge in [-0.25, -0.2) is 4.79 Å². The number of fused-ring (bicyclic) bond motifs is 5. The molecule has 7 nitrogen and oxygen atoms in total. The molecular weight excluding hydrogens is 454 g/mol. The van der Waals surface area contributed by atoms with Crippen LogP contribution in [-0.2, 0) is 9.63 Å². The van der Waals surface area contributed by atoms with Gasteiger partial charge < -0.3 is 15.3 Å². The van der Waals surface area contributed by atoms with Crippen molar-refractivity contribution in [3.8, 4) is 0 Å². The minimum Gasteiger partial charge on any atom is -0.395 e. The van der Waals surface area contributed by atoms with E-state index in [4.69, 9.17) is 4.84 Å². The zero-order valence-corrected chi connectivity index (χ0v) is 22.4. The van der Waals surface area contributed by atoms with Crippen molar-refractivity contribution in [1.29, 1.82) is 0 Å². The van der Waals surface area contributed by atoms with Crippen LogP contribution < -0.4 is 5.32 Å². The predicted molar refractivity (Wildman–Crippen MR) is 139 cm³/mol. The lowest BCUT2D eigenvalue weighted by Gasteiger charge is -2.58. The lowest BCUT2D eigenvalue weighted by molar-refractivity contribution is -0.117. The Kier molecular flexibility index (Phi) is 7.34. The van der Waals surface area contributed by atoms with Gasteiger partial charge in [0, 0.05) is 31.5 Å². The molecule has 200 valence electrons. The Labute approximate surface area is 216 Å². The zero-order chi connectivity index (χ0) is 25.5. The van der Waals surface area contributed by atoms with Gasteiger partial charge >= 0.3 is 6.09 Å². The summed E-state index contributed by atoms with van der Waals surface area (Å²) in [7, 11) is 0. The third kappa shape index (κ3) is 4.55. The fourth-order valence-corrected chi connectivity index (χ4v) is 9.03. The van der Waals surface area contributed by atoms with Gasteiger partial charge in [-0.3, -0.25) is 9.63 Å². The van der Waals surface area contributed by atoms with Crippen LogP contribution in [0.2, 0.25) is 0 Å². The SMILES string of the molecule is C/C(=N\OC(=O)N(CCO)CC1CCCN1)[C@H]1CC[C@H]2[C@@H]3CCC4=CC(=O)CC[C@]4(C)[C@H]3CC[C@]12C. The van der Waals surface area contributed by atoms with E-state index in [-0.39, 0.29) is 30.0 Å². The van der Waals surface area contributed by atoms with Gasteiger partial charge in [0.15, 0.2) is 5.78 Å². The van der Waals surface area contributed by atoms with Crippen molar-refractivity contribution in [2.75, 3.05) is 26.2 Å². The third-order valence-corrected chi connectivity index (χ3v) is 11.0. The summed E-state index contributed by atoms with van der Waals surface area (Å²) in [6, 6.07) is 0.258. The lowest BCUT2D eigenvalue weighted by Crippen LogP contribution is -2.51. The first-order chi connectivity index (χ1) is 17.3. The minimum atomic E-state index is -0.466. The Balaban J connectivity index is 1.26. The molecule has 0 radical (unpaired) electrons. The van der Waals surface area contributed by atoms with Crippen LogP contribution in [0.1, 0.15) is 85.0 Å². The van der Waals surface area contributed by atoms with Gasteiger partial charge in [0.05, 0.1) is 12.3 Å². The predicted octanol–water partition coefficient (Wildman–Crippen LogP) is 4.69. The number of oxime groups is 1. The molecule has 3 saturated carbocycles. The largest absolute Gasteiger partial charge is 0.436 e. The molecular formula is C29H45N3O4. The molecule has 1 unspecified atom stereocenters. The van der Waals surface area contributed by atoms with Crippen LogP contribution in [0, 0.1) is 34.5 Å². The second kappa shape index (κ2) is 10.2. The maximum Gasteiger partial charge on any atom is 0.436 e. The van der Waals surface area contributed by atoms with Crippen LogP contribution >= 0.6 is 0 Å². The molecule has 0 bridgehead atoms. The van der Waals surface area contributed by atoms with E-state index in [9.17, 15) is 14.7 Å². The number of allylic oxidation sites excluding steroid dienone is 1. The normalized spacial score (nSPS) is 40.2. The van der Waals surface area contributed by atoms with Crippen molar-refractivity contribution in [1.82, 2.24) is 10.2 Å². The highest BCUT2D eigenvalue weighted by molar-refractivity contribution is 5.91. The Hall–Kier alpha value is -1.73. The first-order valence-electron chi connectivity index (χ1n) is 14.3. The van der Waals surface area contributed by atoms with E-state index in [1.165, 1.54) is 31.3 Å². The number of aliphatic hydroxyl groups excluding tert-OH is 1. The van der Waals surface area contributed by atoms with Gasteiger partial charge in [-0.1, -0.05) is 24.6 Å². The molecule has 5 aliphatic rings. The highest BCUT2D eigenvalue weighted by Gasteiger charge is 2.59. The van der Waals surface area contributed by atoms with Crippen LogP contribution in [-0.4, -0.2) is 59.9 Å². The Morgan fingerprint density at radius 2 is 2.00 bits per heavy atom. The monoisotopic (exact) mass is 499 g/mol. The summed E-state index contributed by atoms with van der Waals surface area (Å²) >= 11 is 0. The van der Waals surface area contributed by atoms with Gasteiger partial charge in [-0.15, -0.1) is 0 Å². The number of ketones is 1. The number of nitrogens with zero attached hydrogens (tertiary/aromatic N) is 2. The molecule has 1 saturated heterocycles. The van der Waals surface area contributed by atoms with Crippen molar-refractivity contribution in [2.24, 2.45) is 39.7 Å². The minimum absolute atomic E-state index is 0.0839. The molecule has 0 aromatic carbocycles. The number of nitrogens with one attached hydrogen (secondary N) is 1. The molecule has 4 aliphatic carbocycles. The topological polar surface area (TPSA) is 91.2 Å². The smallest absolute Gasteiger partial charge is 0.395 e. The summed E-state index contributed by atoms with van der Waals surface area (Å²) in [5.74, 6) is 2.70. The Morgan fingerprint density at radius 3 is 2.75 bits per heavy atom. The summed E-state index contributed by atoms with van der Waals surface area (Å²) < 4.78 is 0. The standard InChI is InChI=1S/C29H45N3O4/c1-19(31-36-27(35)32(15-16-33)18-21-5-4-14-30-21)24-8-9-25-23-7-6-20-17-22(34)10-12-28(20,2)26(23)11-13-29(24,25)3/h17,21,23-26,30,33H,4-16,18H2,1-3H3/b31-19+/t21?,23-,24+,25-,26-,28-,29+/m0/s1. The molecule has 36 heavy (non-hydrogen) atoms. The first kappa shape index (κ1) is 25.9. The highest BCUT2D eigenvalue weighted by Crippen LogP contribution is 2.66. The van der Waals surface area contributed by atoms with E-state index >= 15 is 0 Å². The number of rotatable bonds is 6. The number of aliphatic hydroxyl groups is 1. The van der Waals surface area contributed by atoms with Gasteiger partial charge in [0.25, 0.3) is 0 Å². The van der Waals surface area contributed by atoms with Crippen LogP contribution in [0.4, 0.5) is 4.79 Å². The summed E-state index contributed by atoms with van der Waals surface area (Å²) in [6.07, 6.45) is 12.3. The first-order valence-corrected chi connectivity index (χ1v) is 14.3. The van der Waals surface area contributed by atoms with Crippen molar-refractivity contribution in [2.45, 2.75) is 91.0 Å². The fraction of sp³-hybridized carbons (Fsp3) is 0.828. The highest BCUT2D eigenvalue weighted by atomic mass is 16.7. The van der Waals surface area contributed by atoms with E-state index in [2.05, 4.69) is 24.3 Å². The number of hydrogen-bond acceptors (Lipinski definition) is 6. The molecule has 1 amide bonds. The number of carbonyl (C=O) groups excluding carboxylic acids is 2. The summed E-state index contributed by atoms with van der Waals surface area (Å²) in [5, 5.41) is 17.2. The van der Waals surface area contributed by atoms with Crippen LogP contribution in [0.25, 0.3) is 0 Å². The van der Waals surface area contributed by atoms with E-state index < -0.39 is 6.09 Å². The molecule has 5 rings (SSSR count). The molecule has 4 fully saturated rings. The lowest BCUT2D eigenvalue weighted by atomic mass is 9.46. The number of hydrogen-bond donors (Lipinski definition) is 2.